The Labute approximate surface area is 179 Å². The number of nitrogens with zero attached hydrogens (tertiary/aromatic N) is 2. The number of carbonyl (C=O) groups is 1. The predicted octanol–water partition coefficient (Wildman–Crippen LogP) is 4.10. The second kappa shape index (κ2) is 9.93. The molecule has 0 saturated carbocycles. The molecule has 3 heterocycles. The molecule has 1 N–H and O–H groups in total. The summed E-state index contributed by atoms with van der Waals surface area (Å²) in [5, 5.41) is 8.01. The average molecular weight is 430 g/mol. The van der Waals surface area contributed by atoms with Crippen molar-refractivity contribution in [1.29, 1.82) is 0 Å². The van der Waals surface area contributed by atoms with Gasteiger partial charge in [0.1, 0.15) is 5.69 Å². The van der Waals surface area contributed by atoms with Crippen LogP contribution in [0.5, 0.6) is 0 Å². The number of hydrogen-bond acceptors (Lipinski definition) is 5. The highest BCUT2D eigenvalue weighted by Gasteiger charge is 2.18. The number of amides is 1. The number of carbonyl (C=O) groups excluding carboxylic acids is 1. The van der Waals surface area contributed by atoms with Crippen molar-refractivity contribution in [3.63, 3.8) is 0 Å². The topological polar surface area (TPSA) is 78.5 Å². The predicted molar refractivity (Wildman–Crippen MR) is 113 cm³/mol. The summed E-state index contributed by atoms with van der Waals surface area (Å²) in [6.07, 6.45) is 4.70. The van der Waals surface area contributed by atoms with Gasteiger partial charge in [0.15, 0.2) is 11.5 Å². The molecule has 1 aromatic carbocycles. The Kier molecular flexibility index (Phi) is 6.84. The van der Waals surface area contributed by atoms with E-state index in [1.165, 1.54) is 0 Å². The highest BCUT2D eigenvalue weighted by molar-refractivity contribution is 6.30. The number of nitrogens with one attached hydrogen (secondary N) is 1. The molecule has 4 rings (SSSR count). The zero-order valence-electron chi connectivity index (χ0n) is 16.6. The average Bonchev–Trinajstić information content (AvgIpc) is 3.52. The van der Waals surface area contributed by atoms with Crippen LogP contribution < -0.4 is 5.32 Å². The number of benzene rings is 1. The van der Waals surface area contributed by atoms with Crippen LogP contribution >= 0.6 is 11.6 Å². The molecule has 30 heavy (non-hydrogen) atoms. The molecule has 0 aliphatic carbocycles. The maximum atomic E-state index is 12.6. The molecule has 3 aromatic rings. The Balaban J connectivity index is 1.36. The van der Waals surface area contributed by atoms with Crippen molar-refractivity contribution < 1.29 is 18.7 Å². The Morgan fingerprint density at radius 3 is 2.90 bits per heavy atom. The largest absolute Gasteiger partial charge is 0.463 e. The maximum absolute atomic E-state index is 12.6. The lowest BCUT2D eigenvalue weighted by Gasteiger charge is -2.10. The monoisotopic (exact) mass is 429 g/mol. The second-order valence-electron chi connectivity index (χ2n) is 7.10. The highest BCUT2D eigenvalue weighted by atomic mass is 35.5. The fraction of sp³-hybridized carbons (Fsp3) is 0.364. The fourth-order valence-corrected chi connectivity index (χ4v) is 3.45. The molecule has 7 nitrogen and oxygen atoms in total. The van der Waals surface area contributed by atoms with Crippen molar-refractivity contribution in [2.24, 2.45) is 0 Å². The van der Waals surface area contributed by atoms with E-state index in [2.05, 4.69) is 10.4 Å². The molecule has 1 atom stereocenters. The molecule has 2 aromatic heterocycles. The second-order valence-corrected chi connectivity index (χ2v) is 7.54. The summed E-state index contributed by atoms with van der Waals surface area (Å²) in [7, 11) is 0. The van der Waals surface area contributed by atoms with Crippen molar-refractivity contribution in [2.45, 2.75) is 25.4 Å². The first-order valence-electron chi connectivity index (χ1n) is 10.1. The van der Waals surface area contributed by atoms with Crippen LogP contribution in [0.2, 0.25) is 5.02 Å². The van der Waals surface area contributed by atoms with Crippen LogP contribution in [0, 0.1) is 0 Å². The molecule has 8 heteroatoms. The van der Waals surface area contributed by atoms with Gasteiger partial charge in [0.05, 0.1) is 24.7 Å². The van der Waals surface area contributed by atoms with Gasteiger partial charge in [-0.3, -0.25) is 4.79 Å². The summed E-state index contributed by atoms with van der Waals surface area (Å²) < 4.78 is 18.3. The standard InChI is InChI=1S/C22H24ClN3O4/c23-16-6-8-17(9-7-16)26-20(21-5-2-13-30-21)14-19(25-26)22(27)24-10-3-11-28-15-18-4-1-12-29-18/h2,5-9,13-14,18H,1,3-4,10-12,15H2,(H,24,27). The van der Waals surface area contributed by atoms with Crippen molar-refractivity contribution in [1.82, 2.24) is 15.1 Å². The maximum Gasteiger partial charge on any atom is 0.271 e. The molecule has 0 bridgehead atoms. The van der Waals surface area contributed by atoms with Gasteiger partial charge in [0.25, 0.3) is 5.91 Å². The Hall–Kier alpha value is -2.61. The van der Waals surface area contributed by atoms with E-state index < -0.39 is 0 Å². The summed E-state index contributed by atoms with van der Waals surface area (Å²) in [6.45, 7) is 2.53. The van der Waals surface area contributed by atoms with Crippen molar-refractivity contribution in [3.05, 3.63) is 59.4 Å². The van der Waals surface area contributed by atoms with Gasteiger partial charge in [-0.15, -0.1) is 0 Å². The molecule has 1 aliphatic rings. The summed E-state index contributed by atoms with van der Waals surface area (Å²) in [5.41, 5.74) is 1.79. The molecular weight excluding hydrogens is 406 g/mol. The van der Waals surface area contributed by atoms with E-state index in [0.29, 0.717) is 41.9 Å². The summed E-state index contributed by atoms with van der Waals surface area (Å²) in [5.74, 6) is 0.383. The van der Waals surface area contributed by atoms with Crippen molar-refractivity contribution in [2.75, 3.05) is 26.4 Å². The minimum atomic E-state index is -0.241. The van der Waals surface area contributed by atoms with E-state index in [0.717, 1.165) is 31.6 Å². The van der Waals surface area contributed by atoms with Gasteiger partial charge in [-0.25, -0.2) is 4.68 Å². The van der Waals surface area contributed by atoms with Crippen LogP contribution in [0.3, 0.4) is 0 Å². The quantitative estimate of drug-likeness (QED) is 0.518. The van der Waals surface area contributed by atoms with Crippen LogP contribution in [0.4, 0.5) is 0 Å². The number of furan rings is 1. The Morgan fingerprint density at radius 1 is 1.30 bits per heavy atom. The van der Waals surface area contributed by atoms with Gasteiger partial charge in [-0.05, 0) is 55.7 Å². The summed E-state index contributed by atoms with van der Waals surface area (Å²) >= 11 is 5.99. The minimum absolute atomic E-state index is 0.219. The zero-order valence-corrected chi connectivity index (χ0v) is 17.3. The van der Waals surface area contributed by atoms with Crippen LogP contribution in [0.25, 0.3) is 17.1 Å². The minimum Gasteiger partial charge on any atom is -0.463 e. The lowest BCUT2D eigenvalue weighted by atomic mass is 10.2. The summed E-state index contributed by atoms with van der Waals surface area (Å²) in [6, 6.07) is 12.6. The van der Waals surface area contributed by atoms with Gasteiger partial charge >= 0.3 is 0 Å². The Bertz CT molecular complexity index is 947. The normalized spacial score (nSPS) is 16.1. The molecule has 1 aliphatic heterocycles. The van der Waals surface area contributed by atoms with Crippen LogP contribution in [0.15, 0.2) is 53.1 Å². The first kappa shape index (κ1) is 20.7. The number of hydrogen-bond donors (Lipinski definition) is 1. The number of ether oxygens (including phenoxy) is 2. The molecular formula is C22H24ClN3O4. The fourth-order valence-electron chi connectivity index (χ4n) is 3.33. The smallest absolute Gasteiger partial charge is 0.271 e. The highest BCUT2D eigenvalue weighted by Crippen LogP contribution is 2.25. The van der Waals surface area contributed by atoms with Crippen LogP contribution in [0.1, 0.15) is 29.8 Å². The van der Waals surface area contributed by atoms with Crippen molar-refractivity contribution in [3.8, 4) is 17.1 Å². The first-order valence-corrected chi connectivity index (χ1v) is 10.5. The SMILES string of the molecule is O=C(NCCCOCC1CCCO1)c1cc(-c2ccco2)n(-c2ccc(Cl)cc2)n1. The molecule has 1 amide bonds. The van der Waals surface area contributed by atoms with E-state index in [1.807, 2.05) is 18.2 Å². The van der Waals surface area contributed by atoms with E-state index in [9.17, 15) is 4.79 Å². The lowest BCUT2D eigenvalue weighted by Crippen LogP contribution is -2.26. The van der Waals surface area contributed by atoms with E-state index in [-0.39, 0.29) is 12.0 Å². The van der Waals surface area contributed by atoms with E-state index in [1.54, 1.807) is 35.2 Å². The van der Waals surface area contributed by atoms with Crippen molar-refractivity contribution >= 4 is 17.5 Å². The van der Waals surface area contributed by atoms with Gasteiger partial charge in [0.2, 0.25) is 0 Å². The van der Waals surface area contributed by atoms with E-state index in [4.69, 9.17) is 25.5 Å². The van der Waals surface area contributed by atoms with E-state index >= 15 is 0 Å². The third-order valence-electron chi connectivity index (χ3n) is 4.87. The van der Waals surface area contributed by atoms with Gasteiger partial charge in [-0.1, -0.05) is 11.6 Å². The Morgan fingerprint density at radius 2 is 2.17 bits per heavy atom. The summed E-state index contributed by atoms with van der Waals surface area (Å²) in [4.78, 5) is 12.6. The molecule has 0 radical (unpaired) electrons. The lowest BCUT2D eigenvalue weighted by molar-refractivity contribution is 0.0166. The van der Waals surface area contributed by atoms with Crippen LogP contribution in [-0.4, -0.2) is 48.2 Å². The number of aromatic nitrogens is 2. The molecule has 1 unspecified atom stereocenters. The van der Waals surface area contributed by atoms with Gasteiger partial charge in [0, 0.05) is 30.8 Å². The van der Waals surface area contributed by atoms with Gasteiger partial charge < -0.3 is 19.2 Å². The number of rotatable bonds is 9. The van der Waals surface area contributed by atoms with Crippen LogP contribution in [-0.2, 0) is 9.47 Å². The third kappa shape index (κ3) is 5.11. The molecule has 1 fully saturated rings. The zero-order chi connectivity index (χ0) is 20.8. The molecule has 158 valence electrons. The van der Waals surface area contributed by atoms with Gasteiger partial charge in [-0.2, -0.15) is 5.10 Å². The molecule has 0 spiro atoms. The molecule has 1 saturated heterocycles. The third-order valence-corrected chi connectivity index (χ3v) is 5.12. The number of halogens is 1. The first-order chi connectivity index (χ1) is 14.7.